The number of H-pyrrole nitrogens is 1. The molecule has 3 N–H and O–H groups in total. The Morgan fingerprint density at radius 1 is 1.20 bits per heavy atom. The van der Waals surface area contributed by atoms with E-state index in [-0.39, 0.29) is 11.8 Å². The Bertz CT molecular complexity index is 1420. The van der Waals surface area contributed by atoms with Gasteiger partial charge >= 0.3 is 0 Å². The molecule has 0 fully saturated rings. The number of aromatic amines is 1. The highest BCUT2D eigenvalue weighted by atomic mass is 19.1. The number of halogens is 1. The summed E-state index contributed by atoms with van der Waals surface area (Å²) in [6.07, 6.45) is 7.79. The van der Waals surface area contributed by atoms with Gasteiger partial charge in [0.05, 0.1) is 17.5 Å². The third kappa shape index (κ3) is 4.50. The van der Waals surface area contributed by atoms with Gasteiger partial charge in [0.15, 0.2) is 0 Å². The number of nitrogens with one attached hydrogen (secondary N) is 3. The fraction of sp³-hybridized carbons (Fsp3) is 0.148. The zero-order valence-electron chi connectivity index (χ0n) is 19.1. The first kappa shape index (κ1) is 22.3. The molecular weight excluding hydrogens is 445 g/mol. The first-order chi connectivity index (χ1) is 17.0. The second-order valence-corrected chi connectivity index (χ2v) is 8.39. The number of hydrogen-bond acceptors (Lipinski definition) is 3. The van der Waals surface area contributed by atoms with Crippen LogP contribution in [0.2, 0.25) is 0 Å². The smallest absolute Gasteiger partial charge is 0.256 e. The predicted octanol–water partition coefficient (Wildman–Crippen LogP) is 4.64. The molecule has 4 aromatic rings. The van der Waals surface area contributed by atoms with Gasteiger partial charge in [0, 0.05) is 53.7 Å². The van der Waals surface area contributed by atoms with Crippen LogP contribution in [0.4, 0.5) is 10.1 Å². The van der Waals surface area contributed by atoms with E-state index in [2.05, 4.69) is 20.6 Å². The van der Waals surface area contributed by atoms with Crippen LogP contribution in [0.25, 0.3) is 22.8 Å². The Kier molecular flexibility index (Phi) is 6.01. The molecule has 0 atom stereocenters. The van der Waals surface area contributed by atoms with Crippen molar-refractivity contribution in [3.8, 4) is 11.1 Å². The van der Waals surface area contributed by atoms with Crippen molar-refractivity contribution >= 4 is 29.2 Å². The highest BCUT2D eigenvalue weighted by Gasteiger charge is 2.27. The molecule has 0 unspecified atom stereocenters. The third-order valence-electron chi connectivity index (χ3n) is 6.00. The van der Waals surface area contributed by atoms with Crippen molar-refractivity contribution < 1.29 is 14.0 Å². The van der Waals surface area contributed by atoms with Crippen LogP contribution >= 0.6 is 0 Å². The minimum Gasteiger partial charge on any atom is -0.358 e. The van der Waals surface area contributed by atoms with Gasteiger partial charge in [-0.05, 0) is 43.2 Å². The van der Waals surface area contributed by atoms with Gasteiger partial charge in [-0.15, -0.1) is 0 Å². The SMILES string of the molecule is Cc1[nH]c(/C=C2\C(=O)Nc3ccc(F)cc32)c(-c2ccccc2)c1C(=O)NCCCn1ccnc1. The van der Waals surface area contributed by atoms with Crippen LogP contribution < -0.4 is 10.6 Å². The fourth-order valence-electron chi connectivity index (χ4n) is 4.36. The van der Waals surface area contributed by atoms with Crippen molar-refractivity contribution in [2.45, 2.75) is 19.9 Å². The average Bonchev–Trinajstić information content (AvgIpc) is 3.56. The Labute approximate surface area is 201 Å². The number of fused-ring (bicyclic) bond motifs is 1. The lowest BCUT2D eigenvalue weighted by Crippen LogP contribution is -2.26. The first-order valence-corrected chi connectivity index (χ1v) is 11.4. The Hall–Kier alpha value is -4.46. The topological polar surface area (TPSA) is 91.8 Å². The molecular formula is C27H24FN5O2. The number of nitrogens with zero attached hydrogens (tertiary/aromatic N) is 2. The lowest BCUT2D eigenvalue weighted by atomic mass is 9.97. The van der Waals surface area contributed by atoms with Crippen LogP contribution in [0.3, 0.4) is 0 Å². The maximum absolute atomic E-state index is 13.9. The van der Waals surface area contributed by atoms with Gasteiger partial charge in [0.2, 0.25) is 0 Å². The monoisotopic (exact) mass is 469 g/mol. The molecule has 2 aromatic heterocycles. The lowest BCUT2D eigenvalue weighted by Gasteiger charge is -2.09. The van der Waals surface area contributed by atoms with E-state index in [0.29, 0.717) is 45.9 Å². The third-order valence-corrected chi connectivity index (χ3v) is 6.00. The van der Waals surface area contributed by atoms with Gasteiger partial charge in [-0.2, -0.15) is 0 Å². The van der Waals surface area contributed by atoms with Crippen molar-refractivity contribution in [3.63, 3.8) is 0 Å². The Morgan fingerprint density at radius 3 is 2.80 bits per heavy atom. The van der Waals surface area contributed by atoms with Crippen LogP contribution in [0.5, 0.6) is 0 Å². The molecule has 0 radical (unpaired) electrons. The van der Waals surface area contributed by atoms with Crippen molar-refractivity contribution in [1.82, 2.24) is 19.9 Å². The highest BCUT2D eigenvalue weighted by molar-refractivity contribution is 6.35. The summed E-state index contributed by atoms with van der Waals surface area (Å²) in [6.45, 7) is 3.08. The second-order valence-electron chi connectivity index (χ2n) is 8.39. The number of imidazole rings is 1. The normalized spacial score (nSPS) is 13.7. The van der Waals surface area contributed by atoms with Crippen LogP contribution in [-0.4, -0.2) is 32.9 Å². The number of carbonyl (C=O) groups excluding carboxylic acids is 2. The van der Waals surface area contributed by atoms with Crippen molar-refractivity contribution in [1.29, 1.82) is 0 Å². The molecule has 0 saturated heterocycles. The summed E-state index contributed by atoms with van der Waals surface area (Å²) in [5, 5.41) is 5.78. The maximum Gasteiger partial charge on any atom is 0.256 e. The molecule has 2 amide bonds. The van der Waals surface area contributed by atoms with Crippen LogP contribution in [0.1, 0.15) is 33.7 Å². The van der Waals surface area contributed by atoms with E-state index in [1.165, 1.54) is 12.1 Å². The summed E-state index contributed by atoms with van der Waals surface area (Å²) in [6, 6.07) is 13.7. The van der Waals surface area contributed by atoms with E-state index in [0.717, 1.165) is 18.5 Å². The fourth-order valence-corrected chi connectivity index (χ4v) is 4.36. The minimum atomic E-state index is -0.423. The quantitative estimate of drug-likeness (QED) is 0.272. The van der Waals surface area contributed by atoms with Gasteiger partial charge in [0.25, 0.3) is 11.8 Å². The zero-order valence-corrected chi connectivity index (χ0v) is 19.1. The molecule has 176 valence electrons. The summed E-state index contributed by atoms with van der Waals surface area (Å²) in [5.74, 6) is -0.939. The number of benzene rings is 2. The number of aromatic nitrogens is 3. The Morgan fingerprint density at radius 2 is 2.03 bits per heavy atom. The summed E-state index contributed by atoms with van der Waals surface area (Å²) in [4.78, 5) is 33.3. The molecule has 0 bridgehead atoms. The van der Waals surface area contributed by atoms with Crippen molar-refractivity contribution in [3.05, 3.63) is 95.6 Å². The van der Waals surface area contributed by atoms with Gasteiger partial charge in [-0.1, -0.05) is 30.3 Å². The van der Waals surface area contributed by atoms with E-state index in [4.69, 9.17) is 0 Å². The summed E-state index contributed by atoms with van der Waals surface area (Å²) in [7, 11) is 0. The van der Waals surface area contributed by atoms with E-state index < -0.39 is 5.82 Å². The summed E-state index contributed by atoms with van der Waals surface area (Å²) < 4.78 is 15.9. The molecule has 8 heteroatoms. The predicted molar refractivity (Wildman–Crippen MR) is 133 cm³/mol. The summed E-state index contributed by atoms with van der Waals surface area (Å²) in [5.41, 5.74) is 4.73. The maximum atomic E-state index is 13.9. The standard InChI is InChI=1S/C27H24FN5O2/c1-17-24(27(35)30-10-5-12-33-13-11-29-16-33)25(18-6-3-2-4-7-18)23(31-17)15-21-20-14-19(28)8-9-22(20)32-26(21)34/h2-4,6-9,11,13-16,31H,5,10,12H2,1H3,(H,30,35)(H,32,34)/b21-15-. The molecule has 1 aliphatic rings. The minimum absolute atomic E-state index is 0.199. The molecule has 0 spiro atoms. The number of hydrogen-bond donors (Lipinski definition) is 3. The van der Waals surface area contributed by atoms with E-state index in [1.54, 1.807) is 24.7 Å². The Balaban J connectivity index is 1.49. The number of amides is 2. The highest BCUT2D eigenvalue weighted by Crippen LogP contribution is 2.37. The summed E-state index contributed by atoms with van der Waals surface area (Å²) >= 11 is 0. The lowest BCUT2D eigenvalue weighted by molar-refractivity contribution is -0.110. The number of anilines is 1. The van der Waals surface area contributed by atoms with Crippen LogP contribution in [-0.2, 0) is 11.3 Å². The molecule has 0 saturated carbocycles. The molecule has 1 aliphatic heterocycles. The molecule has 7 nitrogen and oxygen atoms in total. The van der Waals surface area contributed by atoms with Crippen molar-refractivity contribution in [2.24, 2.45) is 0 Å². The molecule has 35 heavy (non-hydrogen) atoms. The molecule has 3 heterocycles. The van der Waals surface area contributed by atoms with Crippen molar-refractivity contribution in [2.75, 3.05) is 11.9 Å². The van der Waals surface area contributed by atoms with Gasteiger partial charge in [-0.3, -0.25) is 9.59 Å². The molecule has 5 rings (SSSR count). The van der Waals surface area contributed by atoms with Crippen LogP contribution in [0, 0.1) is 12.7 Å². The van der Waals surface area contributed by atoms with Gasteiger partial charge in [0.1, 0.15) is 5.82 Å². The van der Waals surface area contributed by atoms with Gasteiger partial charge < -0.3 is 20.2 Å². The van der Waals surface area contributed by atoms with Gasteiger partial charge in [-0.25, -0.2) is 9.37 Å². The second kappa shape index (κ2) is 9.42. The first-order valence-electron chi connectivity index (χ1n) is 11.4. The molecule has 0 aliphatic carbocycles. The number of rotatable bonds is 7. The largest absolute Gasteiger partial charge is 0.358 e. The number of aryl methyl sites for hydroxylation is 2. The van der Waals surface area contributed by atoms with Crippen LogP contribution in [0.15, 0.2) is 67.3 Å². The van der Waals surface area contributed by atoms with E-state index >= 15 is 0 Å². The molecule has 2 aromatic carbocycles. The van der Waals surface area contributed by atoms with E-state index in [9.17, 15) is 14.0 Å². The average molecular weight is 470 g/mol. The number of carbonyl (C=O) groups is 2. The zero-order chi connectivity index (χ0) is 24.4. The van der Waals surface area contributed by atoms with E-state index in [1.807, 2.05) is 48.0 Å².